The number of rotatable bonds is 15. The first-order valence-corrected chi connectivity index (χ1v) is 11.6. The molecule has 0 saturated heterocycles. The minimum absolute atomic E-state index is 0.0423. The van der Waals surface area contributed by atoms with Crippen LogP contribution < -0.4 is 4.74 Å². The number of ether oxygens (including phenoxy) is 2. The van der Waals surface area contributed by atoms with E-state index in [1.165, 1.54) is 25.7 Å². The van der Waals surface area contributed by atoms with E-state index in [0.717, 1.165) is 49.2 Å². The van der Waals surface area contributed by atoms with Gasteiger partial charge in [0, 0.05) is 12.2 Å². The van der Waals surface area contributed by atoms with Crippen molar-refractivity contribution in [3.63, 3.8) is 0 Å². The molecule has 0 saturated carbocycles. The van der Waals surface area contributed by atoms with Gasteiger partial charge < -0.3 is 9.47 Å². The second-order valence-corrected chi connectivity index (χ2v) is 7.95. The third kappa shape index (κ3) is 8.31. The van der Waals surface area contributed by atoms with E-state index in [1.807, 2.05) is 43.3 Å². The zero-order valence-corrected chi connectivity index (χ0v) is 19.0. The molecule has 164 valence electrons. The summed E-state index contributed by atoms with van der Waals surface area (Å²) in [6.45, 7) is 7.65. The highest BCUT2D eigenvalue weighted by atomic mass is 16.5. The van der Waals surface area contributed by atoms with E-state index in [4.69, 9.17) is 9.47 Å². The summed E-state index contributed by atoms with van der Waals surface area (Å²) in [4.78, 5) is 12.5. The van der Waals surface area contributed by atoms with Gasteiger partial charge in [0.1, 0.15) is 11.9 Å². The maximum Gasteiger partial charge on any atom is 0.191 e. The molecule has 3 heteroatoms. The molecule has 0 fully saturated rings. The summed E-state index contributed by atoms with van der Waals surface area (Å²) in [5.41, 5.74) is 2.91. The Kier molecular flexibility index (Phi) is 11.2. The molecule has 0 spiro atoms. The molecule has 0 bridgehead atoms. The number of Topliss-reactive ketones (excluding diaryl/α,β-unsaturated/α-hetero) is 1. The molecule has 0 aliphatic carbocycles. The Morgan fingerprint density at radius 1 is 0.733 bits per heavy atom. The van der Waals surface area contributed by atoms with Crippen LogP contribution in [-0.4, -0.2) is 25.1 Å². The topological polar surface area (TPSA) is 35.5 Å². The first-order valence-electron chi connectivity index (χ1n) is 11.6. The van der Waals surface area contributed by atoms with Crippen molar-refractivity contribution in [1.82, 2.24) is 0 Å². The van der Waals surface area contributed by atoms with Gasteiger partial charge in [-0.3, -0.25) is 4.79 Å². The minimum Gasteiger partial charge on any atom is -0.494 e. The van der Waals surface area contributed by atoms with Crippen molar-refractivity contribution in [1.29, 1.82) is 0 Å². The van der Waals surface area contributed by atoms with Gasteiger partial charge in [-0.2, -0.15) is 0 Å². The molecule has 0 aliphatic rings. The molecular formula is C27H38O3. The van der Waals surface area contributed by atoms with Gasteiger partial charge in [0.15, 0.2) is 5.78 Å². The lowest BCUT2D eigenvalue weighted by Crippen LogP contribution is -2.21. The second-order valence-electron chi connectivity index (χ2n) is 7.95. The van der Waals surface area contributed by atoms with Crippen LogP contribution in [0.2, 0.25) is 0 Å². The number of carbonyl (C=O) groups is 1. The van der Waals surface area contributed by atoms with E-state index in [2.05, 4.69) is 26.0 Å². The highest BCUT2D eigenvalue weighted by Gasteiger charge is 2.15. The number of carbonyl (C=O) groups excluding carboxylic acids is 1. The number of benzene rings is 2. The summed E-state index contributed by atoms with van der Waals surface area (Å²) in [5.74, 6) is 0.954. The van der Waals surface area contributed by atoms with Crippen molar-refractivity contribution in [2.45, 2.75) is 78.2 Å². The summed E-state index contributed by atoms with van der Waals surface area (Å²) in [7, 11) is 0. The predicted octanol–water partition coefficient (Wildman–Crippen LogP) is 7.48. The van der Waals surface area contributed by atoms with Gasteiger partial charge in [-0.25, -0.2) is 0 Å². The van der Waals surface area contributed by atoms with Crippen LogP contribution in [0.3, 0.4) is 0 Å². The smallest absolute Gasteiger partial charge is 0.191 e. The number of hydrogen-bond donors (Lipinski definition) is 0. The molecular weight excluding hydrogens is 372 g/mol. The predicted molar refractivity (Wildman–Crippen MR) is 125 cm³/mol. The standard InChI is InChI=1S/C27H38O3/c1-4-6-8-9-11-21-30-26-18-16-24(17-19-26)23-12-14-25(15-13-23)27(28)22(3)29-20-10-7-5-2/h12-19,22H,4-11,20-21H2,1-3H3. The maximum absolute atomic E-state index is 12.5. The maximum atomic E-state index is 12.5. The fourth-order valence-electron chi connectivity index (χ4n) is 3.39. The van der Waals surface area contributed by atoms with Crippen molar-refractivity contribution in [2.24, 2.45) is 0 Å². The SMILES string of the molecule is CCCCCCCOc1ccc(-c2ccc(C(=O)C(C)OCCCCC)cc2)cc1. The monoisotopic (exact) mass is 410 g/mol. The average Bonchev–Trinajstić information content (AvgIpc) is 2.79. The van der Waals surface area contributed by atoms with Gasteiger partial charge >= 0.3 is 0 Å². The van der Waals surface area contributed by atoms with Crippen molar-refractivity contribution in [2.75, 3.05) is 13.2 Å². The molecule has 3 nitrogen and oxygen atoms in total. The molecule has 2 rings (SSSR count). The fourth-order valence-corrected chi connectivity index (χ4v) is 3.39. The summed E-state index contributed by atoms with van der Waals surface area (Å²) in [6, 6.07) is 16.0. The van der Waals surface area contributed by atoms with Crippen LogP contribution in [0.4, 0.5) is 0 Å². The van der Waals surface area contributed by atoms with Gasteiger partial charge in [-0.1, -0.05) is 88.8 Å². The highest BCUT2D eigenvalue weighted by molar-refractivity contribution is 5.99. The Morgan fingerprint density at radius 2 is 1.27 bits per heavy atom. The van der Waals surface area contributed by atoms with Crippen LogP contribution in [0, 0.1) is 0 Å². The average molecular weight is 411 g/mol. The van der Waals surface area contributed by atoms with Crippen LogP contribution >= 0.6 is 0 Å². The van der Waals surface area contributed by atoms with Crippen molar-refractivity contribution < 1.29 is 14.3 Å². The molecule has 0 aliphatic heterocycles. The molecule has 0 amide bonds. The van der Waals surface area contributed by atoms with Crippen LogP contribution in [0.1, 0.15) is 82.5 Å². The Bertz CT molecular complexity index is 719. The largest absolute Gasteiger partial charge is 0.494 e. The number of hydrogen-bond acceptors (Lipinski definition) is 3. The van der Waals surface area contributed by atoms with Gasteiger partial charge in [0.05, 0.1) is 6.61 Å². The highest BCUT2D eigenvalue weighted by Crippen LogP contribution is 2.23. The third-order valence-electron chi connectivity index (χ3n) is 5.36. The quantitative estimate of drug-likeness (QED) is 0.225. The van der Waals surface area contributed by atoms with Crippen LogP contribution in [0.25, 0.3) is 11.1 Å². The van der Waals surface area contributed by atoms with E-state index >= 15 is 0 Å². The number of ketones is 1. The van der Waals surface area contributed by atoms with Gasteiger partial charge in [-0.05, 0) is 43.0 Å². The molecule has 2 aromatic carbocycles. The first-order chi connectivity index (χ1) is 14.7. The van der Waals surface area contributed by atoms with E-state index in [0.29, 0.717) is 12.2 Å². The van der Waals surface area contributed by atoms with Crippen molar-refractivity contribution >= 4 is 5.78 Å². The second kappa shape index (κ2) is 14.0. The lowest BCUT2D eigenvalue weighted by atomic mass is 10.0. The van der Waals surface area contributed by atoms with Gasteiger partial charge in [0.25, 0.3) is 0 Å². The molecule has 0 aromatic heterocycles. The van der Waals surface area contributed by atoms with Crippen LogP contribution in [0.15, 0.2) is 48.5 Å². The fraction of sp³-hybridized carbons (Fsp3) is 0.519. The molecule has 1 atom stereocenters. The Balaban J connectivity index is 1.83. The van der Waals surface area contributed by atoms with Crippen LogP contribution in [0.5, 0.6) is 5.75 Å². The summed E-state index contributed by atoms with van der Waals surface area (Å²) >= 11 is 0. The molecule has 30 heavy (non-hydrogen) atoms. The van der Waals surface area contributed by atoms with E-state index < -0.39 is 6.10 Å². The third-order valence-corrected chi connectivity index (χ3v) is 5.36. The summed E-state index contributed by atoms with van der Waals surface area (Å²) in [6.07, 6.45) is 9.11. The zero-order valence-electron chi connectivity index (χ0n) is 19.0. The molecule has 0 radical (unpaired) electrons. The lowest BCUT2D eigenvalue weighted by molar-refractivity contribution is 0.0465. The normalized spacial score (nSPS) is 12.0. The summed E-state index contributed by atoms with van der Waals surface area (Å²) in [5, 5.41) is 0. The van der Waals surface area contributed by atoms with E-state index in [-0.39, 0.29) is 5.78 Å². The Morgan fingerprint density at radius 3 is 1.90 bits per heavy atom. The zero-order chi connectivity index (χ0) is 21.6. The minimum atomic E-state index is -0.397. The molecule has 2 aromatic rings. The number of unbranched alkanes of at least 4 members (excludes halogenated alkanes) is 6. The first kappa shape index (κ1) is 24.1. The molecule has 0 heterocycles. The molecule has 0 N–H and O–H groups in total. The Labute approximate surface area is 182 Å². The van der Waals surface area contributed by atoms with E-state index in [9.17, 15) is 4.79 Å². The van der Waals surface area contributed by atoms with Gasteiger partial charge in [-0.15, -0.1) is 0 Å². The summed E-state index contributed by atoms with van der Waals surface area (Å²) < 4.78 is 11.5. The van der Waals surface area contributed by atoms with Gasteiger partial charge in [0.2, 0.25) is 0 Å². The van der Waals surface area contributed by atoms with Crippen molar-refractivity contribution in [3.8, 4) is 16.9 Å². The van der Waals surface area contributed by atoms with Crippen molar-refractivity contribution in [3.05, 3.63) is 54.1 Å². The van der Waals surface area contributed by atoms with E-state index in [1.54, 1.807) is 0 Å². The lowest BCUT2D eigenvalue weighted by Gasteiger charge is -2.12. The Hall–Kier alpha value is -2.13. The molecule has 1 unspecified atom stereocenters. The van der Waals surface area contributed by atoms with Crippen LogP contribution in [-0.2, 0) is 4.74 Å².